The summed E-state index contributed by atoms with van der Waals surface area (Å²) in [5.41, 5.74) is 0.880. The Balaban J connectivity index is 1.96. The molecule has 0 saturated heterocycles. The number of hydrogen-bond acceptors (Lipinski definition) is 7. The molecular formula is C19H16N2O3S3. The fourth-order valence-corrected chi connectivity index (χ4v) is 5.60. The van der Waals surface area contributed by atoms with Gasteiger partial charge in [0.2, 0.25) is 0 Å². The highest BCUT2D eigenvalue weighted by atomic mass is 32.1. The largest absolute Gasteiger partial charge is 0.463 e. The number of carbonyl (C=O) groups is 1. The Labute approximate surface area is 167 Å². The van der Waals surface area contributed by atoms with E-state index in [4.69, 9.17) is 4.74 Å². The maximum atomic E-state index is 13.2. The lowest BCUT2D eigenvalue weighted by molar-refractivity contribution is -0.139. The van der Waals surface area contributed by atoms with Crippen LogP contribution in [-0.2, 0) is 9.53 Å². The molecule has 1 aliphatic heterocycles. The predicted molar refractivity (Wildman–Crippen MR) is 109 cm³/mol. The minimum atomic E-state index is -0.509. The zero-order valence-electron chi connectivity index (χ0n) is 14.7. The van der Waals surface area contributed by atoms with E-state index in [-0.39, 0.29) is 12.2 Å². The van der Waals surface area contributed by atoms with Gasteiger partial charge in [-0.2, -0.15) is 0 Å². The van der Waals surface area contributed by atoms with Crippen LogP contribution < -0.4 is 14.9 Å². The van der Waals surface area contributed by atoms with Crippen LogP contribution in [0.15, 0.2) is 56.1 Å². The van der Waals surface area contributed by atoms with Gasteiger partial charge in [0.25, 0.3) is 5.56 Å². The summed E-state index contributed by atoms with van der Waals surface area (Å²) in [5.74, 6) is -0.426. The molecule has 0 aromatic carbocycles. The van der Waals surface area contributed by atoms with Crippen molar-refractivity contribution in [3.05, 3.63) is 75.7 Å². The number of thiazole rings is 1. The summed E-state index contributed by atoms with van der Waals surface area (Å²) in [4.78, 5) is 32.9. The molecule has 8 heteroatoms. The molecule has 1 atom stereocenters. The monoisotopic (exact) mass is 416 g/mol. The van der Waals surface area contributed by atoms with Crippen LogP contribution in [-0.4, -0.2) is 17.1 Å². The van der Waals surface area contributed by atoms with Gasteiger partial charge in [0.15, 0.2) is 4.80 Å². The zero-order valence-corrected chi connectivity index (χ0v) is 17.1. The maximum absolute atomic E-state index is 13.2. The number of allylic oxidation sites excluding steroid dienone is 1. The molecule has 3 aromatic rings. The van der Waals surface area contributed by atoms with Gasteiger partial charge in [0.1, 0.15) is 6.04 Å². The third-order valence-corrected chi connectivity index (χ3v) is 6.87. The van der Waals surface area contributed by atoms with Crippen molar-refractivity contribution >= 4 is 46.1 Å². The van der Waals surface area contributed by atoms with Crippen molar-refractivity contribution in [2.24, 2.45) is 4.99 Å². The molecule has 3 aromatic heterocycles. The van der Waals surface area contributed by atoms with Crippen LogP contribution in [0.4, 0.5) is 0 Å². The number of rotatable bonds is 4. The fraction of sp³-hybridized carbons (Fsp3) is 0.211. The van der Waals surface area contributed by atoms with E-state index in [1.807, 2.05) is 41.1 Å². The summed E-state index contributed by atoms with van der Waals surface area (Å²) in [6.45, 7) is 3.84. The van der Waals surface area contributed by atoms with Crippen molar-refractivity contribution in [3.8, 4) is 0 Å². The van der Waals surface area contributed by atoms with Crippen LogP contribution in [0.1, 0.15) is 29.6 Å². The number of hydrogen-bond donors (Lipinski definition) is 0. The quantitative estimate of drug-likeness (QED) is 0.615. The number of thiophene rings is 2. The number of aromatic nitrogens is 1. The number of nitrogens with zero attached hydrogens (tertiary/aromatic N) is 2. The Hall–Kier alpha value is -2.29. The van der Waals surface area contributed by atoms with Gasteiger partial charge in [-0.3, -0.25) is 9.36 Å². The predicted octanol–water partition coefficient (Wildman–Crippen LogP) is 2.92. The Morgan fingerprint density at radius 3 is 2.74 bits per heavy atom. The van der Waals surface area contributed by atoms with E-state index in [1.54, 1.807) is 29.8 Å². The van der Waals surface area contributed by atoms with Gasteiger partial charge in [-0.15, -0.1) is 22.7 Å². The Kier molecular flexibility index (Phi) is 4.94. The van der Waals surface area contributed by atoms with Crippen molar-refractivity contribution < 1.29 is 9.53 Å². The summed E-state index contributed by atoms with van der Waals surface area (Å²) in [5, 5.41) is 3.91. The van der Waals surface area contributed by atoms with Gasteiger partial charge in [-0.25, -0.2) is 9.79 Å². The second kappa shape index (κ2) is 7.38. The lowest BCUT2D eigenvalue weighted by atomic mass is 10.0. The van der Waals surface area contributed by atoms with Crippen molar-refractivity contribution in [1.29, 1.82) is 0 Å². The minimum absolute atomic E-state index is 0.139. The minimum Gasteiger partial charge on any atom is -0.463 e. The van der Waals surface area contributed by atoms with Crippen molar-refractivity contribution in [2.45, 2.75) is 19.9 Å². The average molecular weight is 417 g/mol. The Morgan fingerprint density at radius 2 is 2.07 bits per heavy atom. The molecule has 0 aliphatic carbocycles. The fourth-order valence-electron chi connectivity index (χ4n) is 3.01. The smallest absolute Gasteiger partial charge is 0.338 e. The van der Waals surface area contributed by atoms with Crippen LogP contribution in [0.25, 0.3) is 6.08 Å². The van der Waals surface area contributed by atoms with Gasteiger partial charge < -0.3 is 4.74 Å². The van der Waals surface area contributed by atoms with Crippen LogP contribution in [0.3, 0.4) is 0 Å². The molecule has 4 rings (SSSR count). The molecule has 0 bridgehead atoms. The molecule has 1 unspecified atom stereocenters. The van der Waals surface area contributed by atoms with E-state index in [9.17, 15) is 9.59 Å². The zero-order chi connectivity index (χ0) is 19.0. The second-order valence-corrected chi connectivity index (χ2v) is 8.80. The highest BCUT2D eigenvalue weighted by Crippen LogP contribution is 2.33. The van der Waals surface area contributed by atoms with Gasteiger partial charge in [0.05, 0.1) is 22.4 Å². The molecular weight excluding hydrogens is 400 g/mol. The lowest BCUT2D eigenvalue weighted by Crippen LogP contribution is -2.39. The molecule has 0 amide bonds. The third kappa shape index (κ3) is 3.24. The van der Waals surface area contributed by atoms with Crippen molar-refractivity contribution in [3.63, 3.8) is 0 Å². The molecule has 0 radical (unpaired) electrons. The number of ether oxygens (including phenoxy) is 1. The Bertz CT molecular complexity index is 1180. The second-order valence-electron chi connectivity index (χ2n) is 5.83. The summed E-state index contributed by atoms with van der Waals surface area (Å²) < 4.78 is 7.48. The van der Waals surface area contributed by atoms with E-state index in [1.165, 1.54) is 22.7 Å². The molecule has 27 heavy (non-hydrogen) atoms. The molecule has 1 aliphatic rings. The van der Waals surface area contributed by atoms with Crippen LogP contribution in [0.2, 0.25) is 0 Å². The summed E-state index contributed by atoms with van der Waals surface area (Å²) in [6, 6.07) is 7.26. The first-order valence-corrected chi connectivity index (χ1v) is 10.9. The van der Waals surface area contributed by atoms with Crippen LogP contribution in [0, 0.1) is 0 Å². The first-order chi connectivity index (χ1) is 13.1. The third-order valence-electron chi connectivity index (χ3n) is 4.15. The van der Waals surface area contributed by atoms with E-state index < -0.39 is 12.0 Å². The van der Waals surface area contributed by atoms with Gasteiger partial charge in [0, 0.05) is 9.75 Å². The molecule has 0 fully saturated rings. The molecule has 4 heterocycles. The topological polar surface area (TPSA) is 60.7 Å². The Morgan fingerprint density at radius 1 is 1.30 bits per heavy atom. The molecule has 5 nitrogen and oxygen atoms in total. The average Bonchev–Trinajstić information content (AvgIpc) is 3.38. The lowest BCUT2D eigenvalue weighted by Gasteiger charge is -2.23. The van der Waals surface area contributed by atoms with Gasteiger partial charge in [-0.1, -0.05) is 23.5 Å². The molecule has 0 saturated carbocycles. The maximum Gasteiger partial charge on any atom is 0.338 e. The summed E-state index contributed by atoms with van der Waals surface area (Å²) in [7, 11) is 0. The van der Waals surface area contributed by atoms with Crippen LogP contribution in [0.5, 0.6) is 0 Å². The molecule has 0 spiro atoms. The van der Waals surface area contributed by atoms with E-state index in [0.29, 0.717) is 20.6 Å². The number of esters is 1. The van der Waals surface area contributed by atoms with Gasteiger partial charge >= 0.3 is 5.97 Å². The summed E-state index contributed by atoms with van der Waals surface area (Å²) >= 11 is 4.43. The number of carbonyl (C=O) groups excluding carboxylic acids is 1. The SMILES string of the molecule is CCOC(=O)C1=C(C)N=c2s/c(=C\c3cccs3)c(=O)n2C1c1cccs1. The molecule has 138 valence electrons. The first kappa shape index (κ1) is 18.1. The normalized spacial score (nSPS) is 17.0. The molecule has 0 N–H and O–H groups in total. The van der Waals surface area contributed by atoms with E-state index in [2.05, 4.69) is 4.99 Å². The highest BCUT2D eigenvalue weighted by Gasteiger charge is 2.33. The van der Waals surface area contributed by atoms with Crippen LogP contribution >= 0.6 is 34.0 Å². The summed E-state index contributed by atoms with van der Waals surface area (Å²) in [6.07, 6.45) is 1.88. The van der Waals surface area contributed by atoms with Gasteiger partial charge in [-0.05, 0) is 42.8 Å². The number of fused-ring (bicyclic) bond motifs is 1. The van der Waals surface area contributed by atoms with Crippen molar-refractivity contribution in [2.75, 3.05) is 6.61 Å². The first-order valence-electron chi connectivity index (χ1n) is 8.36. The van der Waals surface area contributed by atoms with E-state index in [0.717, 1.165) is 9.75 Å². The highest BCUT2D eigenvalue weighted by molar-refractivity contribution is 7.11. The van der Waals surface area contributed by atoms with Crippen molar-refractivity contribution in [1.82, 2.24) is 4.57 Å². The van der Waals surface area contributed by atoms with E-state index >= 15 is 0 Å². The standard InChI is InChI=1S/C19H16N2O3S3/c1-3-24-18(23)15-11(2)20-19-21(16(15)13-7-5-9-26-13)17(22)14(27-19)10-12-6-4-8-25-12/h4-10,16H,3H2,1-2H3/b14-10-.